The van der Waals surface area contributed by atoms with Crippen molar-refractivity contribution in [2.24, 2.45) is 0 Å². The van der Waals surface area contributed by atoms with Gasteiger partial charge < -0.3 is 0 Å². The number of aromatic nitrogens is 1. The molecule has 0 aliphatic rings. The Kier molecular flexibility index (Phi) is 2.57. The topological polar surface area (TPSA) is 76.3 Å². The molecule has 1 heterocycles. The molecule has 1 amide bonds. The molecule has 1 rings (SSSR count). The van der Waals surface area contributed by atoms with Gasteiger partial charge >= 0.3 is 0 Å². The Bertz CT molecular complexity index is 335. The Morgan fingerprint density at radius 1 is 1.77 bits per heavy atom. The zero-order valence-corrected chi connectivity index (χ0v) is 7.87. The van der Waals surface area contributed by atoms with E-state index >= 15 is 0 Å². The molecule has 7 heteroatoms. The van der Waals surface area contributed by atoms with Gasteiger partial charge in [0.05, 0.1) is 5.69 Å². The summed E-state index contributed by atoms with van der Waals surface area (Å²) in [6.45, 7) is 2.84. The largest absolute Gasteiger partial charge is 0.287 e. The van der Waals surface area contributed by atoms with Crippen molar-refractivity contribution in [3.05, 3.63) is 21.9 Å². The van der Waals surface area contributed by atoms with Crippen LogP contribution in [0.3, 0.4) is 0 Å². The maximum Gasteiger partial charge on any atom is 0.287 e. The Morgan fingerprint density at radius 2 is 2.38 bits per heavy atom. The van der Waals surface area contributed by atoms with Crippen molar-refractivity contribution >= 4 is 22.4 Å². The highest BCUT2D eigenvalue weighted by Crippen LogP contribution is 2.21. The van der Waals surface area contributed by atoms with Crippen molar-refractivity contribution in [2.45, 2.75) is 13.8 Å². The molecule has 0 saturated heterocycles. The number of anilines is 1. The van der Waals surface area contributed by atoms with E-state index in [0.717, 1.165) is 18.5 Å². The van der Waals surface area contributed by atoms with Crippen LogP contribution in [0.5, 0.6) is 0 Å². The van der Waals surface area contributed by atoms with Crippen LogP contribution in [-0.2, 0) is 4.79 Å². The van der Waals surface area contributed by atoms with Gasteiger partial charge in [0.15, 0.2) is 10.0 Å². The second-order valence-corrected chi connectivity index (χ2v) is 3.16. The highest BCUT2D eigenvalue weighted by molar-refractivity contribution is 7.10. The highest BCUT2D eigenvalue weighted by Gasteiger charge is 2.24. The second kappa shape index (κ2) is 3.48. The van der Waals surface area contributed by atoms with E-state index in [-0.39, 0.29) is 5.00 Å². The lowest BCUT2D eigenvalue weighted by Gasteiger charge is -2.04. The number of carbonyl (C=O) groups is 1. The molecule has 6 nitrogen and oxygen atoms in total. The molecule has 0 radical (unpaired) electrons. The summed E-state index contributed by atoms with van der Waals surface area (Å²) < 4.78 is 3.85. The van der Waals surface area contributed by atoms with E-state index in [2.05, 4.69) is 4.37 Å². The lowest BCUT2D eigenvalue weighted by molar-refractivity contribution is -0.483. The molecule has 0 fully saturated rings. The van der Waals surface area contributed by atoms with E-state index in [4.69, 9.17) is 0 Å². The molecule has 0 saturated carbocycles. The van der Waals surface area contributed by atoms with E-state index in [0.29, 0.717) is 10.7 Å². The Labute approximate surface area is 78.1 Å². The summed E-state index contributed by atoms with van der Waals surface area (Å²) in [4.78, 5) is 21.3. The van der Waals surface area contributed by atoms with Crippen LogP contribution < -0.4 is 5.01 Å². The molecule has 0 aliphatic heterocycles. The van der Waals surface area contributed by atoms with E-state index in [1.807, 2.05) is 0 Å². The predicted octanol–water partition coefficient (Wildman–Crippen LogP) is 0.996. The van der Waals surface area contributed by atoms with Crippen LogP contribution in [0, 0.1) is 17.0 Å². The van der Waals surface area contributed by atoms with Crippen molar-refractivity contribution in [2.75, 3.05) is 5.01 Å². The maximum absolute atomic E-state index is 10.9. The van der Waals surface area contributed by atoms with Crippen LogP contribution in [0.15, 0.2) is 6.07 Å². The van der Waals surface area contributed by atoms with Crippen LogP contribution in [0.1, 0.15) is 12.6 Å². The van der Waals surface area contributed by atoms with E-state index in [1.54, 1.807) is 6.92 Å². The Hall–Kier alpha value is -1.50. The lowest BCUT2D eigenvalue weighted by atomic mass is 10.5. The molecule has 70 valence electrons. The zero-order chi connectivity index (χ0) is 10.0. The fraction of sp³-hybridized carbons (Fsp3) is 0.333. The quantitative estimate of drug-likeness (QED) is 0.528. The molecule has 1 aromatic rings. The number of hydrogen-bond acceptors (Lipinski definition) is 5. The summed E-state index contributed by atoms with van der Waals surface area (Å²) in [6, 6.07) is 1.49. The molecule has 0 atom stereocenters. The standard InChI is InChI=1S/C6H7N3O3S/c1-4-3-6(13-7-4)8(5(2)10)9(11)12/h3H,1-2H3. The highest BCUT2D eigenvalue weighted by atomic mass is 32.1. The average Bonchev–Trinajstić information content (AvgIpc) is 2.34. The molecule has 0 aliphatic carbocycles. The molecule has 0 N–H and O–H groups in total. The summed E-state index contributed by atoms with van der Waals surface area (Å²) in [5, 5.41) is 10.4. The third-order valence-corrected chi connectivity index (χ3v) is 2.14. The van der Waals surface area contributed by atoms with E-state index in [1.165, 1.54) is 6.07 Å². The zero-order valence-electron chi connectivity index (χ0n) is 7.05. The third-order valence-electron chi connectivity index (χ3n) is 1.29. The second-order valence-electron chi connectivity index (χ2n) is 2.38. The van der Waals surface area contributed by atoms with Gasteiger partial charge in [0.1, 0.15) is 0 Å². The Morgan fingerprint density at radius 3 is 2.69 bits per heavy atom. The molecule has 13 heavy (non-hydrogen) atoms. The fourth-order valence-corrected chi connectivity index (χ4v) is 1.59. The van der Waals surface area contributed by atoms with Gasteiger partial charge in [-0.25, -0.2) is 10.1 Å². The van der Waals surface area contributed by atoms with Gasteiger partial charge in [-0.3, -0.25) is 4.79 Å². The number of hydrazine groups is 1. The smallest absolute Gasteiger partial charge is 0.269 e. The summed E-state index contributed by atoms with van der Waals surface area (Å²) in [6.07, 6.45) is 0. The van der Waals surface area contributed by atoms with Crippen LogP contribution in [0.25, 0.3) is 0 Å². The average molecular weight is 201 g/mol. The fourth-order valence-electron chi connectivity index (χ4n) is 0.801. The van der Waals surface area contributed by atoms with Crippen LogP contribution >= 0.6 is 11.5 Å². The number of aryl methyl sites for hydroxylation is 1. The minimum Gasteiger partial charge on any atom is -0.269 e. The first kappa shape index (κ1) is 9.59. The molecular weight excluding hydrogens is 194 g/mol. The van der Waals surface area contributed by atoms with Crippen molar-refractivity contribution in [3.63, 3.8) is 0 Å². The minimum atomic E-state index is -0.755. The van der Waals surface area contributed by atoms with Gasteiger partial charge in [-0.2, -0.15) is 4.37 Å². The van der Waals surface area contributed by atoms with Gasteiger partial charge in [0.2, 0.25) is 0 Å². The minimum absolute atomic E-state index is 0.231. The number of rotatable bonds is 2. The predicted molar refractivity (Wildman–Crippen MR) is 47.0 cm³/mol. The number of hydrogen-bond donors (Lipinski definition) is 0. The van der Waals surface area contributed by atoms with Crippen molar-refractivity contribution in [1.82, 2.24) is 4.37 Å². The number of amides is 1. The van der Waals surface area contributed by atoms with Gasteiger partial charge in [0.25, 0.3) is 5.91 Å². The Balaban J connectivity index is 3.02. The molecular formula is C6H7N3O3S. The summed E-state index contributed by atoms with van der Waals surface area (Å²) in [5.74, 6) is -0.631. The van der Waals surface area contributed by atoms with Crippen molar-refractivity contribution in [3.8, 4) is 0 Å². The van der Waals surface area contributed by atoms with Gasteiger partial charge in [-0.05, 0) is 23.5 Å². The summed E-state index contributed by atoms with van der Waals surface area (Å²) in [5.41, 5.74) is 0.660. The maximum atomic E-state index is 10.9. The van der Waals surface area contributed by atoms with Gasteiger partial charge in [-0.1, -0.05) is 0 Å². The van der Waals surface area contributed by atoms with Crippen LogP contribution in [0.2, 0.25) is 0 Å². The van der Waals surface area contributed by atoms with Crippen molar-refractivity contribution < 1.29 is 9.83 Å². The first-order valence-corrected chi connectivity index (χ1v) is 4.18. The summed E-state index contributed by atoms with van der Waals surface area (Å²) >= 11 is 0.928. The lowest BCUT2D eigenvalue weighted by Crippen LogP contribution is -2.33. The number of nitro groups is 1. The van der Waals surface area contributed by atoms with E-state index in [9.17, 15) is 14.9 Å². The monoisotopic (exact) mass is 201 g/mol. The third kappa shape index (κ3) is 2.00. The first-order chi connectivity index (χ1) is 6.02. The molecule has 0 unspecified atom stereocenters. The van der Waals surface area contributed by atoms with Crippen LogP contribution in [0.4, 0.5) is 5.00 Å². The molecule has 0 aromatic carbocycles. The number of nitrogens with zero attached hydrogens (tertiary/aromatic N) is 3. The molecule has 1 aromatic heterocycles. The normalized spacial score (nSPS) is 9.69. The number of carbonyl (C=O) groups excluding carboxylic acids is 1. The van der Waals surface area contributed by atoms with Gasteiger partial charge in [-0.15, -0.1) is 0 Å². The summed E-state index contributed by atoms with van der Waals surface area (Å²) in [7, 11) is 0. The molecule has 0 spiro atoms. The van der Waals surface area contributed by atoms with Gasteiger partial charge in [0, 0.05) is 13.0 Å². The van der Waals surface area contributed by atoms with E-state index < -0.39 is 10.9 Å². The SMILES string of the molecule is CC(=O)N(c1cc(C)ns1)[N+](=O)[O-]. The first-order valence-electron chi connectivity index (χ1n) is 3.40. The van der Waals surface area contributed by atoms with Crippen LogP contribution in [-0.4, -0.2) is 15.3 Å². The molecule has 0 bridgehead atoms. The van der Waals surface area contributed by atoms with Crippen molar-refractivity contribution in [1.29, 1.82) is 0 Å².